The molecule has 3 rings (SSSR count). The topological polar surface area (TPSA) is 104 Å². The Labute approximate surface area is 143 Å². The van der Waals surface area contributed by atoms with Crippen LogP contribution in [-0.4, -0.2) is 22.8 Å². The standard InChI is InChI=1S/C17H16N2O6/c1-11-18-15(17(20)23-10-12-5-3-2-4-6-12)16(24-11)14-8-7-13(25-14)9-19(21)22/h2-8,15-16H,9-10H2,1H3. The van der Waals surface area contributed by atoms with Gasteiger partial charge in [0.25, 0.3) is 6.54 Å². The molecule has 0 amide bonds. The van der Waals surface area contributed by atoms with Crippen LogP contribution in [-0.2, 0) is 27.4 Å². The maximum Gasteiger partial charge on any atom is 0.335 e. The number of aliphatic imine (C=N–C) groups is 1. The molecule has 25 heavy (non-hydrogen) atoms. The van der Waals surface area contributed by atoms with E-state index in [0.717, 1.165) is 5.56 Å². The first-order valence-corrected chi connectivity index (χ1v) is 7.65. The molecule has 2 unspecified atom stereocenters. The number of hydrogen-bond donors (Lipinski definition) is 0. The molecule has 130 valence electrons. The molecular weight excluding hydrogens is 328 g/mol. The van der Waals surface area contributed by atoms with Crippen molar-refractivity contribution in [2.75, 3.05) is 0 Å². The number of nitrogens with zero attached hydrogens (tertiary/aromatic N) is 2. The first-order valence-electron chi connectivity index (χ1n) is 7.65. The van der Waals surface area contributed by atoms with E-state index in [9.17, 15) is 14.9 Å². The van der Waals surface area contributed by atoms with Crippen molar-refractivity contribution in [3.05, 3.63) is 69.7 Å². The van der Waals surface area contributed by atoms with Crippen LogP contribution in [0.2, 0.25) is 0 Å². The molecule has 1 aliphatic rings. The second kappa shape index (κ2) is 7.16. The average molecular weight is 344 g/mol. The number of nitro groups is 1. The Bertz CT molecular complexity index is 798. The van der Waals surface area contributed by atoms with E-state index >= 15 is 0 Å². The molecule has 1 aromatic heterocycles. The summed E-state index contributed by atoms with van der Waals surface area (Å²) in [4.78, 5) is 26.6. The van der Waals surface area contributed by atoms with Crippen LogP contribution < -0.4 is 0 Å². The number of carbonyl (C=O) groups is 1. The normalized spacial score (nSPS) is 19.2. The van der Waals surface area contributed by atoms with Crippen LogP contribution >= 0.6 is 0 Å². The third kappa shape index (κ3) is 4.03. The summed E-state index contributed by atoms with van der Waals surface area (Å²) in [5.41, 5.74) is 0.860. The highest BCUT2D eigenvalue weighted by Gasteiger charge is 2.39. The number of carbonyl (C=O) groups excluding carboxylic acids is 1. The molecule has 8 nitrogen and oxygen atoms in total. The van der Waals surface area contributed by atoms with E-state index < -0.39 is 29.6 Å². The summed E-state index contributed by atoms with van der Waals surface area (Å²) >= 11 is 0. The second-order valence-electron chi connectivity index (χ2n) is 5.52. The average Bonchev–Trinajstić information content (AvgIpc) is 3.19. The molecule has 0 radical (unpaired) electrons. The Morgan fingerprint density at radius 2 is 2.04 bits per heavy atom. The fourth-order valence-electron chi connectivity index (χ4n) is 2.51. The molecule has 0 aliphatic carbocycles. The summed E-state index contributed by atoms with van der Waals surface area (Å²) in [5.74, 6) is 0.278. The Morgan fingerprint density at radius 3 is 2.76 bits per heavy atom. The van der Waals surface area contributed by atoms with Crippen molar-refractivity contribution in [3.8, 4) is 0 Å². The van der Waals surface area contributed by atoms with Gasteiger partial charge in [-0.25, -0.2) is 9.79 Å². The molecule has 0 saturated heterocycles. The Morgan fingerprint density at radius 1 is 1.28 bits per heavy atom. The highest BCUT2D eigenvalue weighted by Crippen LogP contribution is 2.31. The number of furan rings is 1. The van der Waals surface area contributed by atoms with Gasteiger partial charge >= 0.3 is 5.97 Å². The summed E-state index contributed by atoms with van der Waals surface area (Å²) < 4.78 is 16.3. The van der Waals surface area contributed by atoms with E-state index in [1.807, 2.05) is 30.3 Å². The van der Waals surface area contributed by atoms with Crippen molar-refractivity contribution < 1.29 is 23.6 Å². The van der Waals surface area contributed by atoms with Crippen LogP contribution in [0.5, 0.6) is 0 Å². The number of esters is 1. The van der Waals surface area contributed by atoms with Gasteiger partial charge in [-0.1, -0.05) is 30.3 Å². The van der Waals surface area contributed by atoms with E-state index in [1.54, 1.807) is 13.0 Å². The quantitative estimate of drug-likeness (QED) is 0.453. The van der Waals surface area contributed by atoms with Crippen LogP contribution in [0.25, 0.3) is 0 Å². The number of ether oxygens (including phenoxy) is 2. The van der Waals surface area contributed by atoms with Crippen LogP contribution in [0, 0.1) is 10.1 Å². The minimum Gasteiger partial charge on any atom is -0.467 e. The molecule has 0 saturated carbocycles. The maximum absolute atomic E-state index is 12.4. The van der Waals surface area contributed by atoms with Gasteiger partial charge in [0, 0.05) is 11.8 Å². The SMILES string of the molecule is CC1=NC(C(=O)OCc2ccccc2)C(c2ccc(C[N+](=O)[O-])o2)O1. The van der Waals surface area contributed by atoms with Crippen LogP contribution in [0.15, 0.2) is 51.9 Å². The molecule has 2 aromatic rings. The summed E-state index contributed by atoms with van der Waals surface area (Å²) in [7, 11) is 0. The first kappa shape index (κ1) is 16.7. The van der Waals surface area contributed by atoms with Crippen molar-refractivity contribution in [3.63, 3.8) is 0 Å². The molecule has 2 atom stereocenters. The molecule has 1 aliphatic heterocycles. The van der Waals surface area contributed by atoms with Gasteiger partial charge in [0.1, 0.15) is 12.4 Å². The Balaban J connectivity index is 1.69. The predicted octanol–water partition coefficient (Wildman–Crippen LogP) is 2.66. The van der Waals surface area contributed by atoms with Gasteiger partial charge in [0.05, 0.1) is 0 Å². The molecule has 2 heterocycles. The molecule has 8 heteroatoms. The molecule has 0 spiro atoms. The van der Waals surface area contributed by atoms with E-state index in [0.29, 0.717) is 11.7 Å². The van der Waals surface area contributed by atoms with Gasteiger partial charge in [0.2, 0.25) is 0 Å². The first-order chi connectivity index (χ1) is 12.0. The van der Waals surface area contributed by atoms with E-state index in [2.05, 4.69) is 4.99 Å². The van der Waals surface area contributed by atoms with Gasteiger partial charge in [-0.2, -0.15) is 0 Å². The Kier molecular flexibility index (Phi) is 4.78. The lowest BCUT2D eigenvalue weighted by Crippen LogP contribution is -2.26. The van der Waals surface area contributed by atoms with Gasteiger partial charge < -0.3 is 13.9 Å². The number of rotatable bonds is 6. The van der Waals surface area contributed by atoms with Crippen molar-refractivity contribution in [2.24, 2.45) is 4.99 Å². The minimum absolute atomic E-state index is 0.127. The lowest BCUT2D eigenvalue weighted by Gasteiger charge is -2.14. The number of benzene rings is 1. The highest BCUT2D eigenvalue weighted by molar-refractivity contribution is 5.85. The predicted molar refractivity (Wildman–Crippen MR) is 86.4 cm³/mol. The summed E-state index contributed by atoms with van der Waals surface area (Å²) in [6, 6.07) is 11.4. The lowest BCUT2D eigenvalue weighted by molar-refractivity contribution is -0.499. The summed E-state index contributed by atoms with van der Waals surface area (Å²) in [5, 5.41) is 10.6. The Hall–Kier alpha value is -3.16. The largest absolute Gasteiger partial charge is 0.467 e. The molecule has 0 bridgehead atoms. The van der Waals surface area contributed by atoms with Crippen LogP contribution in [0.4, 0.5) is 0 Å². The maximum atomic E-state index is 12.4. The van der Waals surface area contributed by atoms with Crippen molar-refractivity contribution >= 4 is 11.9 Å². The van der Waals surface area contributed by atoms with E-state index in [4.69, 9.17) is 13.9 Å². The molecular formula is C17H16N2O6. The van der Waals surface area contributed by atoms with Crippen molar-refractivity contribution in [2.45, 2.75) is 32.2 Å². The number of hydrogen-bond acceptors (Lipinski definition) is 7. The lowest BCUT2D eigenvalue weighted by atomic mass is 10.1. The zero-order valence-electron chi connectivity index (χ0n) is 13.5. The monoisotopic (exact) mass is 344 g/mol. The fourth-order valence-corrected chi connectivity index (χ4v) is 2.51. The van der Waals surface area contributed by atoms with E-state index in [-0.39, 0.29) is 12.4 Å². The zero-order valence-corrected chi connectivity index (χ0v) is 13.5. The van der Waals surface area contributed by atoms with Crippen LogP contribution in [0.1, 0.15) is 30.1 Å². The fraction of sp³-hybridized carbons (Fsp3) is 0.294. The molecule has 0 fully saturated rings. The smallest absolute Gasteiger partial charge is 0.335 e. The van der Waals surface area contributed by atoms with Gasteiger partial charge in [-0.05, 0) is 17.7 Å². The van der Waals surface area contributed by atoms with Gasteiger partial charge in [-0.15, -0.1) is 0 Å². The minimum atomic E-state index is -0.904. The zero-order chi connectivity index (χ0) is 17.8. The van der Waals surface area contributed by atoms with Gasteiger partial charge in [-0.3, -0.25) is 10.1 Å². The third-order valence-electron chi connectivity index (χ3n) is 3.62. The third-order valence-corrected chi connectivity index (χ3v) is 3.62. The summed E-state index contributed by atoms with van der Waals surface area (Å²) in [6.07, 6.45) is -0.788. The molecule has 0 N–H and O–H groups in total. The van der Waals surface area contributed by atoms with Gasteiger partial charge in [0.15, 0.2) is 23.8 Å². The molecule has 1 aromatic carbocycles. The van der Waals surface area contributed by atoms with Crippen molar-refractivity contribution in [1.29, 1.82) is 0 Å². The highest BCUT2D eigenvalue weighted by atomic mass is 16.6. The van der Waals surface area contributed by atoms with E-state index in [1.165, 1.54) is 6.07 Å². The summed E-state index contributed by atoms with van der Waals surface area (Å²) in [6.45, 7) is 1.32. The second-order valence-corrected chi connectivity index (χ2v) is 5.52. The van der Waals surface area contributed by atoms with Crippen molar-refractivity contribution in [1.82, 2.24) is 0 Å². The van der Waals surface area contributed by atoms with Crippen LogP contribution in [0.3, 0.4) is 0 Å².